The quantitative estimate of drug-likeness (QED) is 0.483. The maximum absolute atomic E-state index is 4.99. The minimum atomic E-state index is 0.324. The van der Waals surface area contributed by atoms with E-state index in [9.17, 15) is 0 Å². The topological polar surface area (TPSA) is 15.8 Å². The molecule has 2 heteroatoms. The summed E-state index contributed by atoms with van der Waals surface area (Å²) in [5.74, 6) is 0. The van der Waals surface area contributed by atoms with E-state index in [4.69, 9.17) is 4.74 Å². The third-order valence-corrected chi connectivity index (χ3v) is 1.28. The summed E-state index contributed by atoms with van der Waals surface area (Å²) >= 11 is 0. The summed E-state index contributed by atoms with van der Waals surface area (Å²) in [7, 11) is 3.95. The first-order valence-electron chi connectivity index (χ1n) is 2.69. The standard InChI is InChI=1S/C6H11NO/c1-5(7(2)3)6-4-8-6/h6H,1,4H2,2-3H3. The van der Waals surface area contributed by atoms with Gasteiger partial charge in [-0.15, -0.1) is 0 Å². The van der Waals surface area contributed by atoms with Crippen LogP contribution in [-0.4, -0.2) is 31.7 Å². The fourth-order valence-electron chi connectivity index (χ4n) is 0.528. The zero-order valence-corrected chi connectivity index (χ0v) is 5.35. The Morgan fingerprint density at radius 3 is 2.38 bits per heavy atom. The van der Waals surface area contributed by atoms with Gasteiger partial charge in [0.1, 0.15) is 6.10 Å². The van der Waals surface area contributed by atoms with E-state index < -0.39 is 0 Å². The zero-order chi connectivity index (χ0) is 6.15. The normalized spacial score (nSPS) is 25.0. The number of likely N-dealkylation sites (N-methyl/N-ethyl adjacent to an activating group) is 1. The first kappa shape index (κ1) is 5.63. The zero-order valence-electron chi connectivity index (χ0n) is 5.35. The first-order valence-corrected chi connectivity index (χ1v) is 2.69. The summed E-state index contributed by atoms with van der Waals surface area (Å²) < 4.78 is 4.99. The minimum absolute atomic E-state index is 0.324. The molecule has 0 spiro atoms. The molecule has 8 heavy (non-hydrogen) atoms. The SMILES string of the molecule is C=C(C1CO1)N(C)C. The molecule has 1 atom stereocenters. The fourth-order valence-corrected chi connectivity index (χ4v) is 0.528. The van der Waals surface area contributed by atoms with Crippen LogP contribution >= 0.6 is 0 Å². The molecular formula is C6H11NO. The third kappa shape index (κ3) is 1.01. The Bertz CT molecular complexity index is 101. The molecule has 0 aromatic carbocycles. The Hall–Kier alpha value is -0.500. The molecule has 1 aliphatic rings. The summed E-state index contributed by atoms with van der Waals surface area (Å²) in [5.41, 5.74) is 1.07. The Morgan fingerprint density at radius 2 is 2.25 bits per heavy atom. The number of hydrogen-bond donors (Lipinski definition) is 0. The van der Waals surface area contributed by atoms with Gasteiger partial charge in [-0.25, -0.2) is 0 Å². The van der Waals surface area contributed by atoms with E-state index >= 15 is 0 Å². The average Bonchev–Trinajstić information content (AvgIpc) is 2.43. The Balaban J connectivity index is 2.33. The highest BCUT2D eigenvalue weighted by atomic mass is 16.6. The molecule has 1 fully saturated rings. The first-order chi connectivity index (χ1) is 3.72. The van der Waals surface area contributed by atoms with E-state index in [1.807, 2.05) is 19.0 Å². The van der Waals surface area contributed by atoms with Gasteiger partial charge in [0.25, 0.3) is 0 Å². The largest absolute Gasteiger partial charge is 0.379 e. The van der Waals surface area contributed by atoms with E-state index in [2.05, 4.69) is 6.58 Å². The van der Waals surface area contributed by atoms with Crippen molar-refractivity contribution in [2.75, 3.05) is 20.7 Å². The Labute approximate surface area is 49.7 Å². The monoisotopic (exact) mass is 113 g/mol. The highest BCUT2D eigenvalue weighted by Gasteiger charge is 2.26. The number of hydrogen-bond acceptors (Lipinski definition) is 2. The third-order valence-electron chi connectivity index (χ3n) is 1.28. The fraction of sp³-hybridized carbons (Fsp3) is 0.667. The molecule has 2 nitrogen and oxygen atoms in total. The second-order valence-corrected chi connectivity index (χ2v) is 2.21. The predicted octanol–water partition coefficient (Wildman–Crippen LogP) is 0.461. The van der Waals surface area contributed by atoms with Crippen LogP contribution in [0.3, 0.4) is 0 Å². The van der Waals surface area contributed by atoms with E-state index in [0.29, 0.717) is 6.10 Å². The minimum Gasteiger partial charge on any atom is -0.379 e. The van der Waals surface area contributed by atoms with Crippen molar-refractivity contribution in [3.8, 4) is 0 Å². The Kier molecular flexibility index (Phi) is 1.26. The van der Waals surface area contributed by atoms with Gasteiger partial charge in [0.15, 0.2) is 0 Å². The molecule has 46 valence electrons. The van der Waals surface area contributed by atoms with Crippen molar-refractivity contribution in [3.63, 3.8) is 0 Å². The smallest absolute Gasteiger partial charge is 0.120 e. The maximum atomic E-state index is 4.99. The van der Waals surface area contributed by atoms with E-state index in [1.165, 1.54) is 0 Å². The van der Waals surface area contributed by atoms with Crippen LogP contribution in [0, 0.1) is 0 Å². The van der Waals surface area contributed by atoms with Crippen LogP contribution < -0.4 is 0 Å². The van der Waals surface area contributed by atoms with Crippen molar-refractivity contribution in [2.45, 2.75) is 6.10 Å². The lowest BCUT2D eigenvalue weighted by molar-refractivity contribution is 0.382. The summed E-state index contributed by atoms with van der Waals surface area (Å²) in [4.78, 5) is 1.98. The van der Waals surface area contributed by atoms with Gasteiger partial charge in [-0.05, 0) is 0 Å². The van der Waals surface area contributed by atoms with Crippen LogP contribution in [0.4, 0.5) is 0 Å². The number of nitrogens with zero attached hydrogens (tertiary/aromatic N) is 1. The van der Waals surface area contributed by atoms with Crippen molar-refractivity contribution < 1.29 is 4.74 Å². The molecule has 0 radical (unpaired) electrons. The van der Waals surface area contributed by atoms with Crippen molar-refractivity contribution in [1.82, 2.24) is 4.90 Å². The highest BCUT2D eigenvalue weighted by molar-refractivity contribution is 5.05. The van der Waals surface area contributed by atoms with Crippen LogP contribution in [-0.2, 0) is 4.74 Å². The van der Waals surface area contributed by atoms with E-state index in [-0.39, 0.29) is 0 Å². The van der Waals surface area contributed by atoms with Crippen LogP contribution in [0.15, 0.2) is 12.3 Å². The van der Waals surface area contributed by atoms with Crippen LogP contribution in [0.1, 0.15) is 0 Å². The summed E-state index contributed by atoms with van der Waals surface area (Å²) in [6.07, 6.45) is 0.324. The molecule has 1 rings (SSSR count). The summed E-state index contributed by atoms with van der Waals surface area (Å²) in [6.45, 7) is 4.68. The molecule has 0 aromatic heterocycles. The van der Waals surface area contributed by atoms with Gasteiger partial charge in [0.2, 0.25) is 0 Å². The molecule has 1 heterocycles. The lowest BCUT2D eigenvalue weighted by atomic mass is 10.3. The number of epoxide rings is 1. The van der Waals surface area contributed by atoms with Crippen molar-refractivity contribution in [2.24, 2.45) is 0 Å². The molecule has 0 aliphatic carbocycles. The molecule has 1 saturated heterocycles. The molecule has 0 aromatic rings. The van der Waals surface area contributed by atoms with Crippen molar-refractivity contribution in [3.05, 3.63) is 12.3 Å². The van der Waals surface area contributed by atoms with Gasteiger partial charge in [0.05, 0.1) is 6.61 Å². The lowest BCUT2D eigenvalue weighted by Crippen LogP contribution is -2.13. The highest BCUT2D eigenvalue weighted by Crippen LogP contribution is 2.18. The van der Waals surface area contributed by atoms with Gasteiger partial charge in [0, 0.05) is 19.8 Å². The average molecular weight is 113 g/mol. The van der Waals surface area contributed by atoms with Gasteiger partial charge in [-0.1, -0.05) is 6.58 Å². The van der Waals surface area contributed by atoms with E-state index in [1.54, 1.807) is 0 Å². The molecule has 0 bridgehead atoms. The van der Waals surface area contributed by atoms with Crippen molar-refractivity contribution >= 4 is 0 Å². The van der Waals surface area contributed by atoms with Crippen LogP contribution in [0.2, 0.25) is 0 Å². The second-order valence-electron chi connectivity index (χ2n) is 2.21. The number of ether oxygens (including phenoxy) is 1. The van der Waals surface area contributed by atoms with Crippen LogP contribution in [0.5, 0.6) is 0 Å². The molecule has 0 saturated carbocycles. The summed E-state index contributed by atoms with van der Waals surface area (Å²) in [6, 6.07) is 0. The maximum Gasteiger partial charge on any atom is 0.120 e. The van der Waals surface area contributed by atoms with Gasteiger partial charge in [-0.3, -0.25) is 0 Å². The summed E-state index contributed by atoms with van der Waals surface area (Å²) in [5, 5.41) is 0. The lowest BCUT2D eigenvalue weighted by Gasteiger charge is -2.11. The van der Waals surface area contributed by atoms with Gasteiger partial charge in [-0.2, -0.15) is 0 Å². The Morgan fingerprint density at radius 1 is 1.75 bits per heavy atom. The van der Waals surface area contributed by atoms with E-state index in [0.717, 1.165) is 12.3 Å². The second kappa shape index (κ2) is 1.78. The number of rotatable bonds is 2. The van der Waals surface area contributed by atoms with Gasteiger partial charge >= 0.3 is 0 Å². The molecule has 0 N–H and O–H groups in total. The molecule has 1 aliphatic heterocycles. The molecule has 1 unspecified atom stereocenters. The molecule has 0 amide bonds. The van der Waals surface area contributed by atoms with Crippen LogP contribution in [0.25, 0.3) is 0 Å². The van der Waals surface area contributed by atoms with Crippen molar-refractivity contribution in [1.29, 1.82) is 0 Å². The van der Waals surface area contributed by atoms with Gasteiger partial charge < -0.3 is 9.64 Å². The predicted molar refractivity (Wildman–Crippen MR) is 32.6 cm³/mol. The molecular weight excluding hydrogens is 102 g/mol.